The van der Waals surface area contributed by atoms with Crippen molar-refractivity contribution in [2.75, 3.05) is 11.6 Å². The van der Waals surface area contributed by atoms with E-state index >= 15 is 0 Å². The smallest absolute Gasteiger partial charge is 0.228 e. The number of halogens is 1. The number of carbonyl (C=O) groups is 1. The monoisotopic (exact) mass is 318 g/mol. The van der Waals surface area contributed by atoms with E-state index in [1.54, 1.807) is 18.0 Å². The summed E-state index contributed by atoms with van der Waals surface area (Å²) in [6.07, 6.45) is 4.52. The van der Waals surface area contributed by atoms with Crippen LogP contribution in [0, 0.1) is 5.92 Å². The lowest BCUT2D eigenvalue weighted by Gasteiger charge is -2.06. The largest absolute Gasteiger partial charge is 0.324 e. The molecule has 3 nitrogen and oxygen atoms in total. The van der Waals surface area contributed by atoms with E-state index in [0.717, 1.165) is 27.7 Å². The maximum absolute atomic E-state index is 12.2. The Morgan fingerprint density at radius 2 is 2.14 bits per heavy atom. The minimum absolute atomic E-state index is 0.00475. The molecule has 1 aromatic heterocycles. The molecule has 0 radical (unpaired) electrons. The maximum atomic E-state index is 12.2. The van der Waals surface area contributed by atoms with Crippen LogP contribution in [-0.2, 0) is 4.79 Å². The van der Waals surface area contributed by atoms with E-state index in [-0.39, 0.29) is 17.7 Å². The van der Waals surface area contributed by atoms with Crippen molar-refractivity contribution >= 4 is 35.0 Å². The molecule has 1 amide bonds. The van der Waals surface area contributed by atoms with Gasteiger partial charge in [-0.3, -0.25) is 4.79 Å². The van der Waals surface area contributed by atoms with Crippen LogP contribution in [0.15, 0.2) is 47.6 Å². The molecule has 2 aromatic rings. The Hall–Kier alpha value is -1.52. The Balaban J connectivity index is 1.64. The fourth-order valence-corrected chi connectivity index (χ4v) is 3.05. The van der Waals surface area contributed by atoms with Gasteiger partial charge in [-0.05, 0) is 42.4 Å². The molecule has 1 fully saturated rings. The molecular weight excluding hydrogens is 304 g/mol. The van der Waals surface area contributed by atoms with E-state index < -0.39 is 0 Å². The molecule has 1 aliphatic carbocycles. The molecule has 108 valence electrons. The van der Waals surface area contributed by atoms with E-state index in [4.69, 9.17) is 11.6 Å². The first-order chi connectivity index (χ1) is 10.2. The van der Waals surface area contributed by atoms with Crippen LogP contribution >= 0.6 is 23.4 Å². The van der Waals surface area contributed by atoms with Gasteiger partial charge in [-0.25, -0.2) is 4.98 Å². The van der Waals surface area contributed by atoms with Crippen LogP contribution in [0.3, 0.4) is 0 Å². The van der Waals surface area contributed by atoms with Crippen LogP contribution in [0.5, 0.6) is 0 Å². The zero-order chi connectivity index (χ0) is 14.8. The standard InChI is InChI=1S/C16H15ClN2OS/c1-21-15-7-6-10(9-18-15)19-16(20)13-8-12(13)11-4-2-3-5-14(11)17/h2-7,9,12-13H,8H2,1H3,(H,19,20). The van der Waals surface area contributed by atoms with Crippen molar-refractivity contribution < 1.29 is 4.79 Å². The van der Waals surface area contributed by atoms with Crippen LogP contribution in [-0.4, -0.2) is 17.1 Å². The second kappa shape index (κ2) is 6.08. The minimum atomic E-state index is 0.00475. The predicted molar refractivity (Wildman–Crippen MR) is 86.9 cm³/mol. The highest BCUT2D eigenvalue weighted by Crippen LogP contribution is 2.49. The Morgan fingerprint density at radius 1 is 1.33 bits per heavy atom. The third-order valence-electron chi connectivity index (χ3n) is 3.64. The molecule has 0 spiro atoms. The van der Waals surface area contributed by atoms with Crippen LogP contribution < -0.4 is 5.32 Å². The van der Waals surface area contributed by atoms with E-state index in [9.17, 15) is 4.79 Å². The summed E-state index contributed by atoms with van der Waals surface area (Å²) in [5.41, 5.74) is 1.80. The Bertz CT molecular complexity index is 660. The first kappa shape index (κ1) is 14.4. The summed E-state index contributed by atoms with van der Waals surface area (Å²) in [5, 5.41) is 4.60. The zero-order valence-electron chi connectivity index (χ0n) is 11.5. The minimum Gasteiger partial charge on any atom is -0.324 e. The summed E-state index contributed by atoms with van der Waals surface area (Å²) >= 11 is 7.75. The highest BCUT2D eigenvalue weighted by Gasteiger charge is 2.44. The molecule has 1 heterocycles. The summed E-state index contributed by atoms with van der Waals surface area (Å²) in [4.78, 5) is 16.5. The van der Waals surface area contributed by atoms with Gasteiger partial charge in [0, 0.05) is 10.9 Å². The number of carbonyl (C=O) groups excluding carboxylic acids is 1. The zero-order valence-corrected chi connectivity index (χ0v) is 13.1. The van der Waals surface area contributed by atoms with Crippen LogP contribution in [0.1, 0.15) is 17.9 Å². The number of pyridine rings is 1. The highest BCUT2D eigenvalue weighted by molar-refractivity contribution is 7.98. The molecular formula is C16H15ClN2OS. The average molecular weight is 319 g/mol. The Labute approximate surface area is 133 Å². The lowest BCUT2D eigenvalue weighted by molar-refractivity contribution is -0.117. The van der Waals surface area contributed by atoms with Crippen molar-refractivity contribution in [3.63, 3.8) is 0 Å². The van der Waals surface area contributed by atoms with Crippen LogP contribution in [0.4, 0.5) is 5.69 Å². The van der Waals surface area contributed by atoms with Gasteiger partial charge in [-0.2, -0.15) is 0 Å². The molecule has 1 aromatic carbocycles. The Morgan fingerprint density at radius 3 is 2.81 bits per heavy atom. The fraction of sp³-hybridized carbons (Fsp3) is 0.250. The van der Waals surface area contributed by atoms with E-state index in [2.05, 4.69) is 10.3 Å². The number of amides is 1. The van der Waals surface area contributed by atoms with Gasteiger partial charge in [0.2, 0.25) is 5.91 Å². The van der Waals surface area contributed by atoms with E-state index in [1.807, 2.05) is 42.7 Å². The molecule has 0 bridgehead atoms. The SMILES string of the molecule is CSc1ccc(NC(=O)C2CC2c2ccccc2Cl)cn1. The Kier molecular flexibility index (Phi) is 4.17. The van der Waals surface area contributed by atoms with Gasteiger partial charge in [0.05, 0.1) is 16.9 Å². The molecule has 1 saturated carbocycles. The van der Waals surface area contributed by atoms with Gasteiger partial charge >= 0.3 is 0 Å². The number of thioether (sulfide) groups is 1. The summed E-state index contributed by atoms with van der Waals surface area (Å²) in [6, 6.07) is 11.5. The number of hydrogen-bond acceptors (Lipinski definition) is 3. The van der Waals surface area contributed by atoms with E-state index in [1.165, 1.54) is 0 Å². The first-order valence-corrected chi connectivity index (χ1v) is 8.34. The second-order valence-corrected chi connectivity index (χ2v) is 6.28. The van der Waals surface area contributed by atoms with Crippen LogP contribution in [0.25, 0.3) is 0 Å². The first-order valence-electron chi connectivity index (χ1n) is 6.74. The number of rotatable bonds is 4. The molecule has 1 N–H and O–H groups in total. The van der Waals surface area contributed by atoms with Crippen molar-refractivity contribution in [1.82, 2.24) is 4.98 Å². The quantitative estimate of drug-likeness (QED) is 0.859. The summed E-state index contributed by atoms with van der Waals surface area (Å²) in [5.74, 6) is 0.279. The van der Waals surface area contributed by atoms with Gasteiger partial charge in [-0.15, -0.1) is 11.8 Å². The maximum Gasteiger partial charge on any atom is 0.228 e. The van der Waals surface area contributed by atoms with Gasteiger partial charge in [0.25, 0.3) is 0 Å². The fourth-order valence-electron chi connectivity index (χ4n) is 2.41. The molecule has 21 heavy (non-hydrogen) atoms. The molecule has 5 heteroatoms. The highest BCUT2D eigenvalue weighted by atomic mass is 35.5. The summed E-state index contributed by atoms with van der Waals surface area (Å²) < 4.78 is 0. The molecule has 2 unspecified atom stereocenters. The van der Waals surface area contributed by atoms with Crippen molar-refractivity contribution in [3.05, 3.63) is 53.2 Å². The third kappa shape index (κ3) is 3.22. The van der Waals surface area contributed by atoms with Crippen molar-refractivity contribution in [3.8, 4) is 0 Å². The topological polar surface area (TPSA) is 42.0 Å². The van der Waals surface area contributed by atoms with Gasteiger partial charge in [0.1, 0.15) is 0 Å². The molecule has 0 aliphatic heterocycles. The number of benzene rings is 1. The molecule has 0 saturated heterocycles. The van der Waals surface area contributed by atoms with Gasteiger partial charge < -0.3 is 5.32 Å². The molecule has 2 atom stereocenters. The summed E-state index contributed by atoms with van der Waals surface area (Å²) in [6.45, 7) is 0. The molecule has 1 aliphatic rings. The lowest BCUT2D eigenvalue weighted by Crippen LogP contribution is -2.14. The van der Waals surface area contributed by atoms with Crippen LogP contribution in [0.2, 0.25) is 5.02 Å². The van der Waals surface area contributed by atoms with Crippen molar-refractivity contribution in [2.45, 2.75) is 17.4 Å². The lowest BCUT2D eigenvalue weighted by atomic mass is 10.1. The van der Waals surface area contributed by atoms with E-state index in [0.29, 0.717) is 0 Å². The summed E-state index contributed by atoms with van der Waals surface area (Å²) in [7, 11) is 0. The number of anilines is 1. The number of nitrogens with zero attached hydrogens (tertiary/aromatic N) is 1. The van der Waals surface area contributed by atoms with Crippen molar-refractivity contribution in [1.29, 1.82) is 0 Å². The normalized spacial score (nSPS) is 20.1. The van der Waals surface area contributed by atoms with Gasteiger partial charge in [0.15, 0.2) is 0 Å². The number of nitrogens with one attached hydrogen (secondary N) is 1. The third-order valence-corrected chi connectivity index (χ3v) is 4.65. The number of aromatic nitrogens is 1. The van der Waals surface area contributed by atoms with Crippen molar-refractivity contribution in [2.24, 2.45) is 5.92 Å². The average Bonchev–Trinajstić information content (AvgIpc) is 3.29. The number of hydrogen-bond donors (Lipinski definition) is 1. The van der Waals surface area contributed by atoms with Gasteiger partial charge in [-0.1, -0.05) is 29.8 Å². The predicted octanol–water partition coefficient (Wildman–Crippen LogP) is 4.20. The molecule has 3 rings (SSSR count). The second-order valence-electron chi connectivity index (χ2n) is 5.05.